The van der Waals surface area contributed by atoms with Crippen molar-refractivity contribution in [2.75, 3.05) is 6.54 Å². The van der Waals surface area contributed by atoms with Gasteiger partial charge in [0, 0.05) is 18.2 Å². The second kappa shape index (κ2) is 6.57. The Hall–Kier alpha value is -2.44. The molecule has 0 bridgehead atoms. The van der Waals surface area contributed by atoms with Gasteiger partial charge >= 0.3 is 5.97 Å². The van der Waals surface area contributed by atoms with E-state index in [1.165, 1.54) is 4.90 Å². The fraction of sp³-hybridized carbons (Fsp3) is 0.619. The van der Waals surface area contributed by atoms with Crippen LogP contribution in [-0.2, 0) is 10.3 Å². The Morgan fingerprint density at radius 1 is 1.18 bits per heavy atom. The predicted octanol–water partition coefficient (Wildman–Crippen LogP) is 3.45. The van der Waals surface area contributed by atoms with Crippen molar-refractivity contribution in [3.63, 3.8) is 0 Å². The summed E-state index contributed by atoms with van der Waals surface area (Å²) in [5.41, 5.74) is 2.68. The van der Waals surface area contributed by atoms with Crippen molar-refractivity contribution in [2.24, 2.45) is 0 Å². The number of hydrogen-bond donors (Lipinski definition) is 1. The monoisotopic (exact) mass is 384 g/mol. The molecule has 0 radical (unpaired) electrons. The van der Waals surface area contributed by atoms with Crippen LogP contribution in [0.25, 0.3) is 11.0 Å². The molecule has 1 amide bonds. The summed E-state index contributed by atoms with van der Waals surface area (Å²) < 4.78 is 1.89. The second-order valence-electron chi connectivity index (χ2n) is 9.08. The SMILES string of the molecule is Cc1nn(C(C)(C)C)c2nc(C3CC3)cc(C(=O)N3CCCC[C@@H]3C(=O)O)c12. The van der Waals surface area contributed by atoms with E-state index in [9.17, 15) is 14.7 Å². The maximum Gasteiger partial charge on any atom is 0.326 e. The van der Waals surface area contributed by atoms with E-state index in [0.29, 0.717) is 24.4 Å². The van der Waals surface area contributed by atoms with Crippen LogP contribution < -0.4 is 0 Å². The molecule has 28 heavy (non-hydrogen) atoms. The minimum Gasteiger partial charge on any atom is -0.480 e. The molecule has 2 aliphatic rings. The maximum absolute atomic E-state index is 13.5. The summed E-state index contributed by atoms with van der Waals surface area (Å²) in [6.45, 7) is 8.57. The van der Waals surface area contributed by atoms with Crippen molar-refractivity contribution >= 4 is 22.9 Å². The maximum atomic E-state index is 13.5. The number of rotatable bonds is 3. The highest BCUT2D eigenvalue weighted by atomic mass is 16.4. The molecule has 1 saturated heterocycles. The Kier molecular flexibility index (Phi) is 4.43. The highest BCUT2D eigenvalue weighted by molar-refractivity contribution is 6.07. The first-order chi connectivity index (χ1) is 13.2. The molecule has 150 valence electrons. The summed E-state index contributed by atoms with van der Waals surface area (Å²) in [5.74, 6) is -0.753. The number of aryl methyl sites for hydroxylation is 1. The number of likely N-dealkylation sites (tertiary alicyclic amines) is 1. The van der Waals surface area contributed by atoms with E-state index in [1.807, 2.05) is 17.7 Å². The zero-order valence-electron chi connectivity index (χ0n) is 17.0. The van der Waals surface area contributed by atoms with Crippen LogP contribution in [0, 0.1) is 6.92 Å². The van der Waals surface area contributed by atoms with Gasteiger partial charge in [-0.15, -0.1) is 0 Å². The Bertz CT molecular complexity index is 953. The van der Waals surface area contributed by atoms with E-state index in [4.69, 9.17) is 10.1 Å². The molecule has 0 aromatic carbocycles. The molecule has 1 aliphatic heterocycles. The molecule has 7 heteroatoms. The molecule has 0 spiro atoms. The van der Waals surface area contributed by atoms with Gasteiger partial charge in [0.1, 0.15) is 6.04 Å². The fourth-order valence-corrected chi connectivity index (χ4v) is 4.12. The number of carbonyl (C=O) groups is 2. The molecule has 3 heterocycles. The van der Waals surface area contributed by atoms with Crippen LogP contribution >= 0.6 is 0 Å². The van der Waals surface area contributed by atoms with Crippen LogP contribution in [0.3, 0.4) is 0 Å². The van der Waals surface area contributed by atoms with Gasteiger partial charge in [-0.2, -0.15) is 5.10 Å². The van der Waals surface area contributed by atoms with Crippen molar-refractivity contribution in [3.05, 3.63) is 23.0 Å². The van der Waals surface area contributed by atoms with Crippen molar-refractivity contribution in [2.45, 2.75) is 77.3 Å². The second-order valence-corrected chi connectivity index (χ2v) is 9.08. The minimum atomic E-state index is -0.928. The summed E-state index contributed by atoms with van der Waals surface area (Å²) >= 11 is 0. The van der Waals surface area contributed by atoms with E-state index in [-0.39, 0.29) is 11.4 Å². The van der Waals surface area contributed by atoms with E-state index in [0.717, 1.165) is 48.1 Å². The van der Waals surface area contributed by atoms with Crippen molar-refractivity contribution in [3.8, 4) is 0 Å². The highest BCUT2D eigenvalue weighted by Crippen LogP contribution is 2.41. The largest absolute Gasteiger partial charge is 0.480 e. The summed E-state index contributed by atoms with van der Waals surface area (Å²) in [6, 6.07) is 1.13. The Balaban J connectivity index is 1.89. The third-order valence-electron chi connectivity index (χ3n) is 5.74. The lowest BCUT2D eigenvalue weighted by molar-refractivity contribution is -0.143. The zero-order valence-corrected chi connectivity index (χ0v) is 17.0. The lowest BCUT2D eigenvalue weighted by atomic mass is 9.99. The summed E-state index contributed by atoms with van der Waals surface area (Å²) in [6.07, 6.45) is 4.33. The molecule has 7 nitrogen and oxygen atoms in total. The van der Waals surface area contributed by atoms with Crippen LogP contribution in [0.15, 0.2) is 6.07 Å². The number of carbonyl (C=O) groups excluding carboxylic acids is 1. The third kappa shape index (κ3) is 3.16. The quantitative estimate of drug-likeness (QED) is 0.876. The molecule has 4 rings (SSSR count). The average molecular weight is 384 g/mol. The number of aromatic nitrogens is 3. The number of fused-ring (bicyclic) bond motifs is 1. The first-order valence-electron chi connectivity index (χ1n) is 10.1. The van der Waals surface area contributed by atoms with Crippen LogP contribution in [0.2, 0.25) is 0 Å². The minimum absolute atomic E-state index is 0.210. The van der Waals surface area contributed by atoms with Crippen LogP contribution in [0.1, 0.15) is 80.5 Å². The number of carboxylic acid groups (broad SMARTS) is 1. The molecule has 2 aromatic rings. The summed E-state index contributed by atoms with van der Waals surface area (Å²) in [5, 5.41) is 15.1. The van der Waals surface area contributed by atoms with E-state index >= 15 is 0 Å². The van der Waals surface area contributed by atoms with Gasteiger partial charge in [0.25, 0.3) is 5.91 Å². The number of hydrogen-bond acceptors (Lipinski definition) is 4. The molecular weight excluding hydrogens is 356 g/mol. The van der Waals surface area contributed by atoms with Crippen LogP contribution in [-0.4, -0.2) is 49.2 Å². The number of nitrogens with zero attached hydrogens (tertiary/aromatic N) is 4. The number of pyridine rings is 1. The number of aliphatic carboxylic acids is 1. The standard InChI is InChI=1S/C21H28N4O3/c1-12-17-14(19(26)24-10-6-5-7-16(24)20(27)28)11-15(13-8-9-13)22-18(17)25(23-12)21(2,3)4/h11,13,16H,5-10H2,1-4H3,(H,27,28)/t16-/m1/s1. The average Bonchev–Trinajstić information content (AvgIpc) is 3.43. The van der Waals surface area contributed by atoms with E-state index in [2.05, 4.69) is 20.8 Å². The van der Waals surface area contributed by atoms with Crippen LogP contribution in [0.5, 0.6) is 0 Å². The highest BCUT2D eigenvalue weighted by Gasteiger charge is 2.36. The van der Waals surface area contributed by atoms with Gasteiger partial charge in [0.15, 0.2) is 5.65 Å². The number of amides is 1. The van der Waals surface area contributed by atoms with Gasteiger partial charge in [-0.1, -0.05) is 0 Å². The summed E-state index contributed by atoms with van der Waals surface area (Å²) in [7, 11) is 0. The van der Waals surface area contributed by atoms with Crippen molar-refractivity contribution in [1.29, 1.82) is 0 Å². The van der Waals surface area contributed by atoms with Crippen molar-refractivity contribution < 1.29 is 14.7 Å². The van der Waals surface area contributed by atoms with Gasteiger partial charge in [0.05, 0.1) is 22.2 Å². The smallest absolute Gasteiger partial charge is 0.326 e. The van der Waals surface area contributed by atoms with Gasteiger partial charge in [-0.3, -0.25) is 4.79 Å². The molecule has 1 saturated carbocycles. The number of piperidine rings is 1. The third-order valence-corrected chi connectivity index (χ3v) is 5.74. The Morgan fingerprint density at radius 3 is 2.50 bits per heavy atom. The van der Waals surface area contributed by atoms with Gasteiger partial charge < -0.3 is 10.0 Å². The topological polar surface area (TPSA) is 88.3 Å². The molecular formula is C21H28N4O3. The molecule has 0 unspecified atom stereocenters. The van der Waals surface area contributed by atoms with Crippen LogP contribution in [0.4, 0.5) is 0 Å². The van der Waals surface area contributed by atoms with E-state index < -0.39 is 12.0 Å². The fourth-order valence-electron chi connectivity index (χ4n) is 4.12. The Labute approximate surface area is 164 Å². The first-order valence-corrected chi connectivity index (χ1v) is 10.1. The van der Waals surface area contributed by atoms with Gasteiger partial charge in [-0.25, -0.2) is 14.5 Å². The lowest BCUT2D eigenvalue weighted by Gasteiger charge is -2.33. The molecule has 1 aliphatic carbocycles. The Morgan fingerprint density at radius 2 is 1.89 bits per heavy atom. The molecule has 2 fully saturated rings. The molecule has 2 aromatic heterocycles. The van der Waals surface area contributed by atoms with Gasteiger partial charge in [-0.05, 0) is 65.9 Å². The summed E-state index contributed by atoms with van der Waals surface area (Å²) in [4.78, 5) is 31.7. The van der Waals surface area contributed by atoms with Gasteiger partial charge in [0.2, 0.25) is 0 Å². The molecule has 1 N–H and O–H groups in total. The molecule has 1 atom stereocenters. The number of carboxylic acids is 1. The predicted molar refractivity (Wildman–Crippen MR) is 106 cm³/mol. The normalized spacial score (nSPS) is 20.6. The first kappa shape index (κ1) is 18.9. The van der Waals surface area contributed by atoms with E-state index in [1.54, 1.807) is 0 Å². The van der Waals surface area contributed by atoms with Crippen molar-refractivity contribution in [1.82, 2.24) is 19.7 Å². The lowest BCUT2D eigenvalue weighted by Crippen LogP contribution is -2.48. The zero-order chi connectivity index (χ0) is 20.2.